The molecular formula is C19H16Cl2N4O. The van der Waals surface area contributed by atoms with Crippen LogP contribution in [0.3, 0.4) is 0 Å². The summed E-state index contributed by atoms with van der Waals surface area (Å²) in [4.78, 5) is 20.8. The van der Waals surface area contributed by atoms with Gasteiger partial charge < -0.3 is 10.6 Å². The van der Waals surface area contributed by atoms with Gasteiger partial charge in [-0.3, -0.25) is 4.79 Å². The van der Waals surface area contributed by atoms with Crippen LogP contribution in [-0.4, -0.2) is 15.9 Å². The van der Waals surface area contributed by atoms with Gasteiger partial charge in [-0.2, -0.15) is 0 Å². The third-order valence-electron chi connectivity index (χ3n) is 3.76. The van der Waals surface area contributed by atoms with E-state index in [4.69, 9.17) is 23.2 Å². The molecule has 2 aromatic carbocycles. The number of carbonyl (C=O) groups is 1. The summed E-state index contributed by atoms with van der Waals surface area (Å²) in [7, 11) is 0. The van der Waals surface area contributed by atoms with E-state index >= 15 is 0 Å². The molecule has 0 aliphatic carbocycles. The highest BCUT2D eigenvalue weighted by Crippen LogP contribution is 2.30. The zero-order chi connectivity index (χ0) is 18.5. The molecule has 0 bridgehead atoms. The highest BCUT2D eigenvalue weighted by Gasteiger charge is 2.12. The molecule has 0 fully saturated rings. The van der Waals surface area contributed by atoms with Crippen molar-refractivity contribution in [2.75, 3.05) is 10.6 Å². The molecule has 1 amide bonds. The van der Waals surface area contributed by atoms with Gasteiger partial charge in [0.2, 0.25) is 5.95 Å². The standard InChI is InChI=1S/C19H16Cl2N4O/c1-2-12-6-3-4-9-16(12)24-19-22-10-13(11-23-19)18(26)25-17-14(20)7-5-8-15(17)21/h3-11H,2H2,1H3,(H,25,26)(H,22,23,24). The summed E-state index contributed by atoms with van der Waals surface area (Å²) < 4.78 is 0. The number of rotatable bonds is 5. The molecule has 0 radical (unpaired) electrons. The third-order valence-corrected chi connectivity index (χ3v) is 4.39. The monoisotopic (exact) mass is 386 g/mol. The van der Waals surface area contributed by atoms with Gasteiger partial charge in [0.05, 0.1) is 21.3 Å². The maximum absolute atomic E-state index is 12.4. The van der Waals surface area contributed by atoms with Crippen molar-refractivity contribution >= 4 is 46.4 Å². The van der Waals surface area contributed by atoms with Crippen molar-refractivity contribution in [2.45, 2.75) is 13.3 Å². The number of para-hydroxylation sites is 2. The number of aryl methyl sites for hydroxylation is 1. The summed E-state index contributed by atoms with van der Waals surface area (Å²) in [5, 5.41) is 6.56. The minimum atomic E-state index is -0.388. The van der Waals surface area contributed by atoms with E-state index in [9.17, 15) is 4.79 Å². The van der Waals surface area contributed by atoms with Gasteiger partial charge in [-0.25, -0.2) is 9.97 Å². The molecule has 0 unspecified atom stereocenters. The van der Waals surface area contributed by atoms with Crippen LogP contribution in [-0.2, 0) is 6.42 Å². The molecule has 5 nitrogen and oxygen atoms in total. The second-order valence-corrected chi connectivity index (χ2v) is 6.30. The van der Waals surface area contributed by atoms with E-state index in [0.717, 1.165) is 17.7 Å². The number of amides is 1. The Hall–Kier alpha value is -2.63. The lowest BCUT2D eigenvalue weighted by Crippen LogP contribution is -2.13. The number of halogens is 2. The molecule has 0 aliphatic rings. The van der Waals surface area contributed by atoms with Crippen LogP contribution in [0.5, 0.6) is 0 Å². The fourth-order valence-corrected chi connectivity index (χ4v) is 2.88. The van der Waals surface area contributed by atoms with E-state index in [1.807, 2.05) is 24.3 Å². The Morgan fingerprint density at radius 3 is 2.31 bits per heavy atom. The maximum Gasteiger partial charge on any atom is 0.258 e. The van der Waals surface area contributed by atoms with Crippen molar-refractivity contribution in [1.82, 2.24) is 9.97 Å². The van der Waals surface area contributed by atoms with Gasteiger partial charge in [0.1, 0.15) is 0 Å². The van der Waals surface area contributed by atoms with E-state index in [-0.39, 0.29) is 5.91 Å². The average Bonchev–Trinajstić information content (AvgIpc) is 2.66. The van der Waals surface area contributed by atoms with Gasteiger partial charge in [-0.05, 0) is 30.2 Å². The first-order valence-corrected chi connectivity index (χ1v) is 8.76. The van der Waals surface area contributed by atoms with E-state index < -0.39 is 0 Å². The SMILES string of the molecule is CCc1ccccc1Nc1ncc(C(=O)Nc2c(Cl)cccc2Cl)cn1. The number of anilines is 3. The van der Waals surface area contributed by atoms with Gasteiger partial charge in [-0.15, -0.1) is 0 Å². The lowest BCUT2D eigenvalue weighted by Gasteiger charge is -2.10. The van der Waals surface area contributed by atoms with Crippen LogP contribution in [0.15, 0.2) is 54.9 Å². The van der Waals surface area contributed by atoms with Gasteiger partial charge in [0, 0.05) is 18.1 Å². The zero-order valence-electron chi connectivity index (χ0n) is 14.0. The summed E-state index contributed by atoms with van der Waals surface area (Å²) in [6, 6.07) is 12.9. The smallest absolute Gasteiger partial charge is 0.258 e. The minimum Gasteiger partial charge on any atom is -0.324 e. The number of benzene rings is 2. The topological polar surface area (TPSA) is 66.9 Å². The lowest BCUT2D eigenvalue weighted by molar-refractivity contribution is 0.102. The first-order valence-electron chi connectivity index (χ1n) is 8.01. The second-order valence-electron chi connectivity index (χ2n) is 5.48. The molecular weight excluding hydrogens is 371 g/mol. The number of aromatic nitrogens is 2. The Labute approximate surface area is 161 Å². The second kappa shape index (κ2) is 8.17. The van der Waals surface area contributed by atoms with Crippen LogP contribution in [0, 0.1) is 0 Å². The van der Waals surface area contributed by atoms with Crippen LogP contribution < -0.4 is 10.6 Å². The molecule has 2 N–H and O–H groups in total. The van der Waals surface area contributed by atoms with Gasteiger partial charge in [-0.1, -0.05) is 54.4 Å². The molecule has 1 heterocycles. The molecule has 3 aromatic rings. The number of nitrogens with zero attached hydrogens (tertiary/aromatic N) is 2. The maximum atomic E-state index is 12.4. The average molecular weight is 387 g/mol. The fraction of sp³-hybridized carbons (Fsp3) is 0.105. The van der Waals surface area contributed by atoms with Crippen molar-refractivity contribution in [3.8, 4) is 0 Å². The van der Waals surface area contributed by atoms with Gasteiger partial charge in [0.15, 0.2) is 0 Å². The molecule has 0 atom stereocenters. The highest BCUT2D eigenvalue weighted by molar-refractivity contribution is 6.40. The van der Waals surface area contributed by atoms with E-state index in [1.54, 1.807) is 18.2 Å². The van der Waals surface area contributed by atoms with E-state index in [2.05, 4.69) is 27.5 Å². The molecule has 1 aromatic heterocycles. The van der Waals surface area contributed by atoms with Crippen molar-refractivity contribution < 1.29 is 4.79 Å². The Morgan fingerprint density at radius 1 is 1.00 bits per heavy atom. The largest absolute Gasteiger partial charge is 0.324 e. The normalized spacial score (nSPS) is 10.4. The summed E-state index contributed by atoms with van der Waals surface area (Å²) in [6.07, 6.45) is 3.79. The summed E-state index contributed by atoms with van der Waals surface area (Å²) in [5.41, 5.74) is 2.76. The molecule has 7 heteroatoms. The number of nitrogens with one attached hydrogen (secondary N) is 2. The van der Waals surface area contributed by atoms with E-state index in [1.165, 1.54) is 12.4 Å². The Kier molecular flexibility index (Phi) is 5.71. The third kappa shape index (κ3) is 4.12. The first kappa shape index (κ1) is 18.2. The quantitative estimate of drug-likeness (QED) is 0.620. The Balaban J connectivity index is 1.74. The van der Waals surface area contributed by atoms with Crippen LogP contribution in [0.1, 0.15) is 22.8 Å². The van der Waals surface area contributed by atoms with Gasteiger partial charge in [0.25, 0.3) is 5.91 Å². The van der Waals surface area contributed by atoms with Crippen molar-refractivity contribution in [2.24, 2.45) is 0 Å². The first-order chi connectivity index (χ1) is 12.6. The summed E-state index contributed by atoms with van der Waals surface area (Å²) >= 11 is 12.1. The molecule has 132 valence electrons. The van der Waals surface area contributed by atoms with E-state index in [0.29, 0.717) is 27.2 Å². The van der Waals surface area contributed by atoms with Crippen LogP contribution >= 0.6 is 23.2 Å². The van der Waals surface area contributed by atoms with Gasteiger partial charge >= 0.3 is 0 Å². The molecule has 3 rings (SSSR count). The lowest BCUT2D eigenvalue weighted by atomic mass is 10.1. The molecule has 0 saturated carbocycles. The van der Waals surface area contributed by atoms with Crippen LogP contribution in [0.4, 0.5) is 17.3 Å². The highest BCUT2D eigenvalue weighted by atomic mass is 35.5. The molecule has 26 heavy (non-hydrogen) atoms. The fourth-order valence-electron chi connectivity index (χ4n) is 2.38. The van der Waals surface area contributed by atoms with Crippen molar-refractivity contribution in [1.29, 1.82) is 0 Å². The number of hydrogen-bond acceptors (Lipinski definition) is 4. The van der Waals surface area contributed by atoms with Crippen molar-refractivity contribution in [3.05, 3.63) is 76.0 Å². The Bertz CT molecular complexity index is 909. The van der Waals surface area contributed by atoms with Crippen LogP contribution in [0.2, 0.25) is 10.0 Å². The predicted octanol–water partition coefficient (Wildman–Crippen LogP) is 5.34. The molecule has 0 saturated heterocycles. The van der Waals surface area contributed by atoms with Crippen molar-refractivity contribution in [3.63, 3.8) is 0 Å². The number of hydrogen-bond donors (Lipinski definition) is 2. The predicted molar refractivity (Wildman–Crippen MR) is 106 cm³/mol. The number of carbonyl (C=O) groups excluding carboxylic acids is 1. The Morgan fingerprint density at radius 2 is 1.65 bits per heavy atom. The van der Waals surface area contributed by atoms with Crippen LogP contribution in [0.25, 0.3) is 0 Å². The summed E-state index contributed by atoms with van der Waals surface area (Å²) in [6.45, 7) is 2.08. The zero-order valence-corrected chi connectivity index (χ0v) is 15.5. The summed E-state index contributed by atoms with van der Waals surface area (Å²) in [5.74, 6) is 0.0266. The molecule has 0 spiro atoms. The minimum absolute atomic E-state index is 0.301. The molecule has 0 aliphatic heterocycles.